The van der Waals surface area contributed by atoms with Gasteiger partial charge in [-0.2, -0.15) is 0 Å². The van der Waals surface area contributed by atoms with Crippen molar-refractivity contribution in [1.82, 2.24) is 0 Å². The fourth-order valence-electron chi connectivity index (χ4n) is 0.768. The van der Waals surface area contributed by atoms with Gasteiger partial charge in [0.2, 0.25) is 0 Å². The summed E-state index contributed by atoms with van der Waals surface area (Å²) in [7, 11) is 0. The Kier molecular flexibility index (Phi) is 10.6. The number of carbonyl (C=O) groups is 1. The van der Waals surface area contributed by atoms with Crippen molar-refractivity contribution >= 4 is 6.16 Å². The van der Waals surface area contributed by atoms with E-state index in [4.69, 9.17) is 14.2 Å². The Labute approximate surface area is 89.1 Å². The standard InChI is InChI=1S/C9H18O6/c1-2-12-3-4-13-5-6-14-7-8-15-9(10)11/h2-8H2,1H3,(H,10,11)/p-1. The molecule has 0 saturated heterocycles. The van der Waals surface area contributed by atoms with Crippen LogP contribution in [0.1, 0.15) is 6.92 Å². The maximum absolute atomic E-state index is 9.81. The summed E-state index contributed by atoms with van der Waals surface area (Å²) >= 11 is 0. The number of rotatable bonds is 10. The van der Waals surface area contributed by atoms with Crippen LogP contribution >= 0.6 is 0 Å². The van der Waals surface area contributed by atoms with E-state index in [0.717, 1.165) is 0 Å². The highest BCUT2D eigenvalue weighted by atomic mass is 16.7. The van der Waals surface area contributed by atoms with E-state index in [2.05, 4.69) is 4.74 Å². The lowest BCUT2D eigenvalue weighted by Gasteiger charge is -2.08. The number of ether oxygens (including phenoxy) is 4. The minimum absolute atomic E-state index is 0.0126. The molecule has 0 aliphatic rings. The predicted molar refractivity (Wildman–Crippen MR) is 49.5 cm³/mol. The average Bonchev–Trinajstić information content (AvgIpc) is 2.20. The molecule has 90 valence electrons. The van der Waals surface area contributed by atoms with E-state index in [1.54, 1.807) is 0 Å². The number of carboxylic acid groups (broad SMARTS) is 1. The number of hydrogen-bond acceptors (Lipinski definition) is 6. The molecule has 15 heavy (non-hydrogen) atoms. The second kappa shape index (κ2) is 11.2. The second-order valence-electron chi connectivity index (χ2n) is 2.52. The van der Waals surface area contributed by atoms with Gasteiger partial charge in [0, 0.05) is 6.61 Å². The smallest absolute Gasteiger partial charge is 0.252 e. The highest BCUT2D eigenvalue weighted by molar-refractivity contribution is 5.53. The molecule has 0 radical (unpaired) electrons. The van der Waals surface area contributed by atoms with Gasteiger partial charge in [0.1, 0.15) is 0 Å². The third-order valence-corrected chi connectivity index (χ3v) is 1.40. The van der Waals surface area contributed by atoms with Gasteiger partial charge in [0.15, 0.2) is 0 Å². The summed E-state index contributed by atoms with van der Waals surface area (Å²) in [4.78, 5) is 9.81. The Morgan fingerprint density at radius 3 is 1.87 bits per heavy atom. The maximum Gasteiger partial charge on any atom is 0.252 e. The highest BCUT2D eigenvalue weighted by Gasteiger charge is 1.90. The molecule has 0 spiro atoms. The summed E-state index contributed by atoms with van der Waals surface area (Å²) in [6.45, 7) is 4.77. The van der Waals surface area contributed by atoms with E-state index in [9.17, 15) is 9.90 Å². The topological polar surface area (TPSA) is 77.0 Å². The van der Waals surface area contributed by atoms with Gasteiger partial charge in [-0.3, -0.25) is 0 Å². The van der Waals surface area contributed by atoms with E-state index in [1.165, 1.54) is 0 Å². The summed E-state index contributed by atoms with van der Waals surface area (Å²) in [5, 5.41) is 9.81. The first-order valence-electron chi connectivity index (χ1n) is 4.84. The van der Waals surface area contributed by atoms with Crippen LogP contribution in [0.3, 0.4) is 0 Å². The lowest BCUT2D eigenvalue weighted by molar-refractivity contribution is -0.283. The van der Waals surface area contributed by atoms with Gasteiger partial charge in [-0.15, -0.1) is 0 Å². The Morgan fingerprint density at radius 2 is 1.40 bits per heavy atom. The van der Waals surface area contributed by atoms with Crippen LogP contribution in [0.25, 0.3) is 0 Å². The van der Waals surface area contributed by atoms with Gasteiger partial charge in [-0.25, -0.2) is 0 Å². The fraction of sp³-hybridized carbons (Fsp3) is 0.889. The third-order valence-electron chi connectivity index (χ3n) is 1.40. The van der Waals surface area contributed by atoms with Crippen molar-refractivity contribution in [2.45, 2.75) is 6.92 Å². The second-order valence-corrected chi connectivity index (χ2v) is 2.52. The van der Waals surface area contributed by atoms with Gasteiger partial charge in [0.05, 0.1) is 39.6 Å². The maximum atomic E-state index is 9.81. The van der Waals surface area contributed by atoms with Crippen molar-refractivity contribution < 1.29 is 28.8 Å². The van der Waals surface area contributed by atoms with Crippen LogP contribution in [0.15, 0.2) is 0 Å². The van der Waals surface area contributed by atoms with Crippen LogP contribution in [0.2, 0.25) is 0 Å². The zero-order valence-corrected chi connectivity index (χ0v) is 8.90. The highest BCUT2D eigenvalue weighted by Crippen LogP contribution is 1.81. The average molecular weight is 221 g/mol. The molecule has 0 aromatic heterocycles. The van der Waals surface area contributed by atoms with E-state index < -0.39 is 6.16 Å². The molecule has 0 fully saturated rings. The normalized spacial score (nSPS) is 10.2. The third kappa shape index (κ3) is 13.2. The van der Waals surface area contributed by atoms with Crippen LogP contribution in [0.4, 0.5) is 4.79 Å². The first kappa shape index (κ1) is 14.2. The van der Waals surface area contributed by atoms with E-state index in [0.29, 0.717) is 33.0 Å². The van der Waals surface area contributed by atoms with Gasteiger partial charge in [0.25, 0.3) is 6.16 Å². The van der Waals surface area contributed by atoms with Gasteiger partial charge >= 0.3 is 0 Å². The molecule has 0 aliphatic heterocycles. The van der Waals surface area contributed by atoms with Crippen molar-refractivity contribution in [3.8, 4) is 0 Å². The molecule has 0 heterocycles. The molecule has 0 aromatic rings. The molecule has 0 N–H and O–H groups in total. The molecule has 0 unspecified atom stereocenters. The number of hydrogen-bond donors (Lipinski definition) is 0. The molecule has 0 bridgehead atoms. The minimum atomic E-state index is -1.54. The summed E-state index contributed by atoms with van der Waals surface area (Å²) in [6.07, 6.45) is -1.54. The first-order valence-corrected chi connectivity index (χ1v) is 4.84. The molecule has 0 aliphatic carbocycles. The zero-order valence-electron chi connectivity index (χ0n) is 8.90. The summed E-state index contributed by atoms with van der Waals surface area (Å²) in [5.74, 6) is 0. The monoisotopic (exact) mass is 221 g/mol. The summed E-state index contributed by atoms with van der Waals surface area (Å²) in [6, 6.07) is 0. The van der Waals surface area contributed by atoms with Crippen molar-refractivity contribution in [2.24, 2.45) is 0 Å². The lowest BCUT2D eigenvalue weighted by Crippen LogP contribution is -2.25. The molecule has 0 atom stereocenters. The molecule has 0 aromatic carbocycles. The van der Waals surface area contributed by atoms with Crippen molar-refractivity contribution in [3.63, 3.8) is 0 Å². The molecule has 0 amide bonds. The summed E-state index contributed by atoms with van der Waals surface area (Å²) in [5.41, 5.74) is 0. The van der Waals surface area contributed by atoms with E-state index in [-0.39, 0.29) is 13.2 Å². The number of carbonyl (C=O) groups excluding carboxylic acids is 1. The Bertz CT molecular complexity index is 150. The molecular weight excluding hydrogens is 204 g/mol. The quantitative estimate of drug-likeness (QED) is 0.362. The van der Waals surface area contributed by atoms with Crippen molar-refractivity contribution in [2.75, 3.05) is 46.2 Å². The molecular formula is C9H17O6-. The van der Waals surface area contributed by atoms with Crippen molar-refractivity contribution in [1.29, 1.82) is 0 Å². The van der Waals surface area contributed by atoms with Crippen LogP contribution in [0.5, 0.6) is 0 Å². The molecule has 6 heteroatoms. The van der Waals surface area contributed by atoms with Crippen molar-refractivity contribution in [3.05, 3.63) is 0 Å². The van der Waals surface area contributed by atoms with Crippen LogP contribution < -0.4 is 5.11 Å². The SMILES string of the molecule is CCOCCOCCOCCOC(=O)[O-]. The van der Waals surface area contributed by atoms with Gasteiger partial charge < -0.3 is 28.8 Å². The minimum Gasteiger partial charge on any atom is -0.547 e. The first-order chi connectivity index (χ1) is 7.27. The van der Waals surface area contributed by atoms with Crippen LogP contribution in [-0.4, -0.2) is 52.4 Å². The fourth-order valence-corrected chi connectivity index (χ4v) is 0.768. The predicted octanol–water partition coefficient (Wildman–Crippen LogP) is -0.584. The van der Waals surface area contributed by atoms with Gasteiger partial charge in [-0.05, 0) is 6.92 Å². The van der Waals surface area contributed by atoms with Crippen LogP contribution in [-0.2, 0) is 18.9 Å². The Balaban J connectivity index is 2.89. The Hall–Kier alpha value is -0.850. The summed E-state index contributed by atoms with van der Waals surface area (Å²) < 4.78 is 19.3. The Morgan fingerprint density at radius 1 is 0.933 bits per heavy atom. The lowest BCUT2D eigenvalue weighted by atomic mass is 10.7. The van der Waals surface area contributed by atoms with Gasteiger partial charge in [-0.1, -0.05) is 0 Å². The molecule has 0 rings (SSSR count). The molecule has 6 nitrogen and oxygen atoms in total. The van der Waals surface area contributed by atoms with E-state index in [1.807, 2.05) is 6.92 Å². The largest absolute Gasteiger partial charge is 0.547 e. The van der Waals surface area contributed by atoms with Crippen LogP contribution in [0, 0.1) is 0 Å². The van der Waals surface area contributed by atoms with E-state index >= 15 is 0 Å². The molecule has 0 saturated carbocycles. The zero-order chi connectivity index (χ0) is 11.4.